The molecule has 0 amide bonds. The summed E-state index contributed by atoms with van der Waals surface area (Å²) in [7, 11) is 0. The van der Waals surface area contributed by atoms with Crippen LogP contribution in [0.3, 0.4) is 0 Å². The van der Waals surface area contributed by atoms with Crippen molar-refractivity contribution in [2.24, 2.45) is 0 Å². The molecule has 6 rings (SSSR count). The van der Waals surface area contributed by atoms with E-state index in [1.54, 1.807) is 0 Å². The van der Waals surface area contributed by atoms with Gasteiger partial charge in [-0.15, -0.1) is 0 Å². The second-order valence-corrected chi connectivity index (χ2v) is 10.6. The van der Waals surface area contributed by atoms with Crippen molar-refractivity contribution in [2.75, 3.05) is 4.90 Å². The molecule has 0 saturated carbocycles. The third kappa shape index (κ3) is 5.68. The van der Waals surface area contributed by atoms with Gasteiger partial charge < -0.3 is 9.64 Å². The van der Waals surface area contributed by atoms with Crippen LogP contribution in [-0.2, 0) is 10.3 Å². The summed E-state index contributed by atoms with van der Waals surface area (Å²) >= 11 is 0. The van der Waals surface area contributed by atoms with Crippen molar-refractivity contribution in [1.82, 2.24) is 0 Å². The van der Waals surface area contributed by atoms with Crippen LogP contribution in [0.1, 0.15) is 24.5 Å². The van der Waals surface area contributed by atoms with Crippen molar-refractivity contribution >= 4 is 33.9 Å². The van der Waals surface area contributed by atoms with Crippen molar-refractivity contribution in [2.45, 2.75) is 18.9 Å². The Morgan fingerprint density at radius 2 is 1.47 bits per heavy atom. The molecule has 1 atom stereocenters. The Labute approximate surface area is 252 Å². The van der Waals surface area contributed by atoms with E-state index in [1.807, 2.05) is 61.5 Å². The Kier molecular flexibility index (Phi) is 7.60. The zero-order valence-corrected chi connectivity index (χ0v) is 23.8. The van der Waals surface area contributed by atoms with Gasteiger partial charge in [-0.05, 0) is 71.5 Å². The Hall–Kier alpha value is -5.84. The number of nitriles is 1. The maximum Gasteiger partial charge on any atom is 0.265 e. The lowest BCUT2D eigenvalue weighted by Crippen LogP contribution is -2.29. The van der Waals surface area contributed by atoms with Crippen LogP contribution in [0, 0.1) is 17.9 Å². The van der Waals surface area contributed by atoms with Crippen LogP contribution < -0.4 is 4.90 Å². The number of hydrogen-bond acceptors (Lipinski definition) is 3. The van der Waals surface area contributed by atoms with Gasteiger partial charge in [0.25, 0.3) is 5.70 Å². The molecule has 1 unspecified atom stereocenters. The maximum atomic E-state index is 9.59. The van der Waals surface area contributed by atoms with Crippen LogP contribution in [0.2, 0.25) is 0 Å². The van der Waals surface area contributed by atoms with Gasteiger partial charge in [-0.25, -0.2) is 10.1 Å². The molecule has 0 N–H and O–H groups in total. The molecular formula is C39H29N3O. The van der Waals surface area contributed by atoms with E-state index in [1.165, 1.54) is 10.8 Å². The lowest BCUT2D eigenvalue weighted by Gasteiger charge is -2.36. The van der Waals surface area contributed by atoms with E-state index in [2.05, 4.69) is 107 Å². The number of hydrogen-bond donors (Lipinski definition) is 0. The summed E-state index contributed by atoms with van der Waals surface area (Å²) in [5.41, 5.74) is 5.31. The highest BCUT2D eigenvalue weighted by Gasteiger charge is 2.34. The van der Waals surface area contributed by atoms with Gasteiger partial charge in [0.1, 0.15) is 11.4 Å². The lowest BCUT2D eigenvalue weighted by molar-refractivity contribution is 0.0143. The zero-order valence-electron chi connectivity index (χ0n) is 23.8. The first-order chi connectivity index (χ1) is 21.1. The van der Waals surface area contributed by atoms with Gasteiger partial charge in [-0.2, -0.15) is 0 Å². The highest BCUT2D eigenvalue weighted by Crippen LogP contribution is 2.41. The summed E-state index contributed by atoms with van der Waals surface area (Å²) in [6.07, 6.45) is 6.16. The smallest absolute Gasteiger partial charge is 0.265 e. The molecule has 0 radical (unpaired) electrons. The van der Waals surface area contributed by atoms with E-state index in [-0.39, 0.29) is 5.70 Å². The van der Waals surface area contributed by atoms with Crippen molar-refractivity contribution in [1.29, 1.82) is 5.26 Å². The van der Waals surface area contributed by atoms with Crippen molar-refractivity contribution < 1.29 is 4.74 Å². The molecule has 1 aliphatic heterocycles. The predicted molar refractivity (Wildman–Crippen MR) is 174 cm³/mol. The van der Waals surface area contributed by atoms with Gasteiger partial charge in [-0.1, -0.05) is 103 Å². The molecule has 1 aliphatic rings. The quantitative estimate of drug-likeness (QED) is 0.155. The standard InChI is InChI=1S/C39H29N3O/c1-39(32-14-5-3-6-15-32)27-31(37(28-40)41-2)26-35(43-39)25-22-29-20-23-34(24-21-29)42(33-16-7-4-8-17-33)38-19-11-13-30-12-9-10-18-36(30)38/h3-26H,27H2,1H3. The van der Waals surface area contributed by atoms with Crippen molar-refractivity contribution in [3.8, 4) is 6.07 Å². The topological polar surface area (TPSA) is 40.6 Å². The molecule has 0 bridgehead atoms. The van der Waals surface area contributed by atoms with E-state index >= 15 is 0 Å². The van der Waals surface area contributed by atoms with Crippen LogP contribution in [-0.4, -0.2) is 0 Å². The lowest BCUT2D eigenvalue weighted by atomic mass is 9.85. The molecule has 1 heterocycles. The minimum absolute atomic E-state index is 0.0927. The molecule has 0 spiro atoms. The highest BCUT2D eigenvalue weighted by atomic mass is 16.5. The average Bonchev–Trinajstić information content (AvgIpc) is 3.06. The second kappa shape index (κ2) is 12.0. The molecule has 4 heteroatoms. The Balaban J connectivity index is 1.34. The fraction of sp³-hybridized carbons (Fsp3) is 0.0769. The number of benzene rings is 5. The minimum atomic E-state index is -0.698. The molecule has 5 aromatic carbocycles. The number of nitrogens with zero attached hydrogens (tertiary/aromatic N) is 3. The van der Waals surface area contributed by atoms with Crippen LogP contribution in [0.4, 0.5) is 17.1 Å². The SMILES string of the molecule is [C-]#[N+]C(C#N)=C1C=C(C=Cc2ccc(N(c3ccccc3)c3cccc4ccccc34)cc2)OC(C)(c2ccccc2)C1. The number of allylic oxidation sites excluding steroid dienone is 3. The number of anilines is 3. The number of para-hydroxylation sites is 1. The largest absolute Gasteiger partial charge is 0.483 e. The van der Waals surface area contributed by atoms with Gasteiger partial charge in [0.15, 0.2) is 0 Å². The van der Waals surface area contributed by atoms with Crippen LogP contribution in [0.5, 0.6) is 0 Å². The van der Waals surface area contributed by atoms with Crippen molar-refractivity contribution in [3.05, 3.63) is 179 Å². The van der Waals surface area contributed by atoms with Crippen LogP contribution >= 0.6 is 0 Å². The molecule has 0 aromatic heterocycles. The van der Waals surface area contributed by atoms with E-state index in [4.69, 9.17) is 11.3 Å². The van der Waals surface area contributed by atoms with Crippen LogP contribution in [0.25, 0.3) is 21.7 Å². The Morgan fingerprint density at radius 3 is 2.19 bits per heavy atom. The summed E-state index contributed by atoms with van der Waals surface area (Å²) < 4.78 is 6.49. The molecule has 0 aliphatic carbocycles. The third-order valence-corrected chi connectivity index (χ3v) is 7.71. The first kappa shape index (κ1) is 27.3. The molecule has 4 nitrogen and oxygen atoms in total. The molecule has 206 valence electrons. The Bertz CT molecular complexity index is 1920. The minimum Gasteiger partial charge on any atom is -0.483 e. The fourth-order valence-electron chi connectivity index (χ4n) is 5.59. The van der Waals surface area contributed by atoms with Crippen LogP contribution in [0.15, 0.2) is 157 Å². The van der Waals surface area contributed by atoms with E-state index in [0.29, 0.717) is 17.8 Å². The maximum absolute atomic E-state index is 9.59. The van der Waals surface area contributed by atoms with Gasteiger partial charge in [0.2, 0.25) is 0 Å². The molecule has 5 aromatic rings. The summed E-state index contributed by atoms with van der Waals surface area (Å²) in [5.74, 6) is 0.606. The summed E-state index contributed by atoms with van der Waals surface area (Å²) in [4.78, 5) is 5.75. The fourth-order valence-corrected chi connectivity index (χ4v) is 5.59. The average molecular weight is 556 g/mol. The molecule has 0 saturated heterocycles. The summed E-state index contributed by atoms with van der Waals surface area (Å²) in [5, 5.41) is 12.0. The second-order valence-electron chi connectivity index (χ2n) is 10.6. The first-order valence-electron chi connectivity index (χ1n) is 14.2. The molecule has 43 heavy (non-hydrogen) atoms. The third-order valence-electron chi connectivity index (χ3n) is 7.71. The van der Waals surface area contributed by atoms with Gasteiger partial charge in [0.05, 0.1) is 18.3 Å². The van der Waals surface area contributed by atoms with Crippen molar-refractivity contribution in [3.63, 3.8) is 0 Å². The van der Waals surface area contributed by atoms with Gasteiger partial charge in [0, 0.05) is 23.2 Å². The number of ether oxygens (including phenoxy) is 1. The summed E-state index contributed by atoms with van der Waals surface area (Å²) in [6, 6.07) is 45.6. The normalized spacial score (nSPS) is 17.4. The predicted octanol–water partition coefficient (Wildman–Crippen LogP) is 10.2. The molecular weight excluding hydrogens is 526 g/mol. The van der Waals surface area contributed by atoms with Gasteiger partial charge in [-0.3, -0.25) is 0 Å². The Morgan fingerprint density at radius 1 is 0.814 bits per heavy atom. The number of fused-ring (bicyclic) bond motifs is 1. The van der Waals surface area contributed by atoms with E-state index < -0.39 is 5.60 Å². The number of rotatable bonds is 6. The highest BCUT2D eigenvalue weighted by molar-refractivity contribution is 5.98. The first-order valence-corrected chi connectivity index (χ1v) is 14.2. The van der Waals surface area contributed by atoms with E-state index in [0.717, 1.165) is 28.2 Å². The van der Waals surface area contributed by atoms with Gasteiger partial charge >= 0.3 is 0 Å². The summed E-state index contributed by atoms with van der Waals surface area (Å²) in [6.45, 7) is 9.51. The zero-order chi connectivity index (χ0) is 29.6. The van der Waals surface area contributed by atoms with E-state index in [9.17, 15) is 5.26 Å². The molecule has 0 fully saturated rings. The monoisotopic (exact) mass is 555 g/mol.